The molecule has 8 rings (SSSR count). The minimum atomic E-state index is -0.885. The number of amides is 5. The maximum atomic E-state index is 14.3. The summed E-state index contributed by atoms with van der Waals surface area (Å²) in [5.74, 6) is -1.20. The van der Waals surface area contributed by atoms with Gasteiger partial charge in [0.2, 0.25) is 23.7 Å². The average Bonchev–Trinajstić information content (AvgIpc) is 4.24. The minimum Gasteiger partial charge on any atom is -0.494 e. The number of primary amides is 1. The number of aromatic nitrogens is 5. The van der Waals surface area contributed by atoms with Gasteiger partial charge in [-0.15, -0.1) is 11.3 Å². The van der Waals surface area contributed by atoms with Gasteiger partial charge in [0.15, 0.2) is 11.4 Å². The summed E-state index contributed by atoms with van der Waals surface area (Å²) in [4.78, 5) is 89.1. The second-order valence-electron chi connectivity index (χ2n) is 23.4. The molecule has 1 aliphatic carbocycles. The lowest BCUT2D eigenvalue weighted by molar-refractivity contribution is -0.145. The van der Waals surface area contributed by atoms with Crippen LogP contribution in [0.3, 0.4) is 0 Å². The van der Waals surface area contributed by atoms with Crippen LogP contribution in [-0.4, -0.2) is 154 Å². The first-order valence-corrected chi connectivity index (χ1v) is 28.4. The summed E-state index contributed by atoms with van der Waals surface area (Å²) in [7, 11) is 5.36. The summed E-state index contributed by atoms with van der Waals surface area (Å²) in [6, 6.07) is 10.3. The summed E-state index contributed by atoms with van der Waals surface area (Å²) in [5.41, 5.74) is 13.2. The van der Waals surface area contributed by atoms with Crippen LogP contribution in [0, 0.1) is 12.3 Å². The van der Waals surface area contributed by atoms with Gasteiger partial charge in [-0.1, -0.05) is 45.0 Å². The number of likely N-dealkylation sites (N-methyl/N-ethyl adjacent to an activating group) is 1. The Hall–Kier alpha value is -7.01. The number of thiazole rings is 1. The number of carbonyl (C=O) groups is 5. The third-order valence-corrected chi connectivity index (χ3v) is 16.1. The predicted molar refractivity (Wildman–Crippen MR) is 308 cm³/mol. The lowest BCUT2D eigenvalue weighted by Gasteiger charge is -2.36. The highest BCUT2D eigenvalue weighted by Crippen LogP contribution is 2.39. The molecule has 2 fully saturated rings. The molecule has 0 saturated carbocycles. The Labute approximate surface area is 473 Å². The van der Waals surface area contributed by atoms with Crippen molar-refractivity contribution in [3.05, 3.63) is 81.7 Å². The molecule has 3 aromatic heterocycles. The number of fused-ring (bicyclic) bond motifs is 3. The number of nitrogens with one attached hydrogen (secondary N) is 4. The fraction of sp³-hybridized carbons (Fsp3) is 0.534. The number of benzene rings is 2. The molecule has 0 unspecified atom stereocenters. The van der Waals surface area contributed by atoms with E-state index < -0.39 is 34.6 Å². The summed E-state index contributed by atoms with van der Waals surface area (Å²) >= 11 is 1.59. The fourth-order valence-electron chi connectivity index (χ4n) is 10.5. The molecular formula is C58H79N13O8S. The van der Waals surface area contributed by atoms with Gasteiger partial charge < -0.3 is 55.9 Å². The summed E-state index contributed by atoms with van der Waals surface area (Å²) in [6.07, 6.45) is 4.67. The number of likely N-dealkylation sites (tertiary alicyclic amines) is 1. The van der Waals surface area contributed by atoms with Gasteiger partial charge in [-0.05, 0) is 108 Å². The highest BCUT2D eigenvalue weighted by atomic mass is 32.1. The van der Waals surface area contributed by atoms with Crippen LogP contribution in [-0.2, 0) is 50.3 Å². The Morgan fingerprint density at radius 2 is 1.61 bits per heavy atom. The molecule has 2 aliphatic heterocycles. The number of hydrogen-bond acceptors (Lipinski definition) is 16. The molecule has 3 aliphatic rings. The molecule has 0 spiro atoms. The lowest BCUT2D eigenvalue weighted by atomic mass is 9.85. The van der Waals surface area contributed by atoms with Crippen molar-refractivity contribution in [3.8, 4) is 27.6 Å². The smallest absolute Gasteiger partial charge is 0.269 e. The van der Waals surface area contributed by atoms with E-state index in [1.165, 1.54) is 7.11 Å². The van der Waals surface area contributed by atoms with Gasteiger partial charge in [-0.3, -0.25) is 28.7 Å². The van der Waals surface area contributed by atoms with E-state index in [0.29, 0.717) is 73.6 Å². The Bertz CT molecular complexity index is 3070. The molecule has 5 heterocycles. The number of hydrogen-bond donors (Lipinski definition) is 5. The van der Waals surface area contributed by atoms with Gasteiger partial charge >= 0.3 is 0 Å². The average molecular weight is 1120 g/mol. The summed E-state index contributed by atoms with van der Waals surface area (Å²) in [6.45, 7) is 19.9. The highest BCUT2D eigenvalue weighted by Gasteiger charge is 2.42. The monoisotopic (exact) mass is 1120 g/mol. The van der Waals surface area contributed by atoms with Gasteiger partial charge in [0.1, 0.15) is 12.1 Å². The number of anilines is 3. The molecule has 6 N–H and O–H groups in total. The number of carbonyl (C=O) groups excluding carboxylic acids is 5. The van der Waals surface area contributed by atoms with E-state index in [9.17, 15) is 24.0 Å². The van der Waals surface area contributed by atoms with Gasteiger partial charge in [0.25, 0.3) is 11.8 Å². The minimum absolute atomic E-state index is 0.00615. The maximum absolute atomic E-state index is 14.3. The lowest BCUT2D eigenvalue weighted by Crippen LogP contribution is -2.58. The molecule has 0 bridgehead atoms. The van der Waals surface area contributed by atoms with Crippen molar-refractivity contribution < 1.29 is 38.2 Å². The Kier molecular flexibility index (Phi) is 18.3. The van der Waals surface area contributed by atoms with E-state index in [4.69, 9.17) is 24.9 Å². The topological polar surface area (TPSA) is 253 Å². The van der Waals surface area contributed by atoms with Gasteiger partial charge in [0, 0.05) is 70.3 Å². The zero-order valence-electron chi connectivity index (χ0n) is 48.2. The van der Waals surface area contributed by atoms with Crippen molar-refractivity contribution >= 4 is 58.2 Å². The van der Waals surface area contributed by atoms with E-state index >= 15 is 0 Å². The maximum Gasteiger partial charge on any atom is 0.269 e. The number of rotatable bonds is 22. The van der Waals surface area contributed by atoms with E-state index in [-0.39, 0.29) is 61.5 Å². The van der Waals surface area contributed by atoms with Crippen LogP contribution < -0.4 is 36.6 Å². The molecule has 21 nitrogen and oxygen atoms in total. The number of ether oxygens (including phenoxy) is 3. The zero-order valence-corrected chi connectivity index (χ0v) is 49.0. The molecule has 430 valence electrons. The molecule has 2 aromatic carbocycles. The summed E-state index contributed by atoms with van der Waals surface area (Å²) < 4.78 is 20.2. The van der Waals surface area contributed by atoms with E-state index in [1.807, 2.05) is 97.3 Å². The fourth-order valence-corrected chi connectivity index (χ4v) is 11.3. The van der Waals surface area contributed by atoms with E-state index in [0.717, 1.165) is 64.7 Å². The predicted octanol–water partition coefficient (Wildman–Crippen LogP) is 5.95. The zero-order chi connectivity index (χ0) is 57.7. The van der Waals surface area contributed by atoms with Gasteiger partial charge in [0.05, 0.1) is 76.7 Å². The second-order valence-corrected chi connectivity index (χ2v) is 24.2. The first-order chi connectivity index (χ1) is 37.9. The SMILES string of the molecule is COc1c(Nc2ncc3c(n2)-c2c(c(C(N)=O)nn2C)CC3)cc(N2CCN(C)CC2)cc1C(=O)NCCOC(C)(C)CCOC(C)(C)CC(=O)N[C@H](C(=O)N1CCC[C@H]1C(=O)NCc1ccc(-c2scnc2C)cc1)C(C)(C)C. The Morgan fingerprint density at radius 3 is 2.29 bits per heavy atom. The third-order valence-electron chi connectivity index (χ3n) is 15.1. The van der Waals surface area contributed by atoms with Crippen molar-refractivity contribution in [1.29, 1.82) is 0 Å². The van der Waals surface area contributed by atoms with Crippen molar-refractivity contribution in [2.45, 2.75) is 124 Å². The normalized spacial score (nSPS) is 16.2. The number of piperazine rings is 1. The molecular weight excluding hydrogens is 1040 g/mol. The molecule has 5 aromatic rings. The second kappa shape index (κ2) is 24.8. The largest absolute Gasteiger partial charge is 0.494 e. The molecule has 2 saturated heterocycles. The molecule has 2 atom stereocenters. The van der Waals surface area contributed by atoms with Crippen LogP contribution in [0.1, 0.15) is 117 Å². The van der Waals surface area contributed by atoms with Crippen molar-refractivity contribution in [1.82, 2.24) is 50.5 Å². The number of aryl methyl sites for hydroxylation is 3. The summed E-state index contributed by atoms with van der Waals surface area (Å²) in [5, 5.41) is 16.8. The number of methoxy groups -OCH3 is 1. The van der Waals surface area contributed by atoms with Crippen molar-refractivity contribution in [2.24, 2.45) is 18.2 Å². The first kappa shape index (κ1) is 59.1. The van der Waals surface area contributed by atoms with Crippen LogP contribution in [0.2, 0.25) is 0 Å². The molecule has 0 radical (unpaired) electrons. The molecule has 5 amide bonds. The number of nitrogens with zero attached hydrogens (tertiary/aromatic N) is 8. The standard InChI is InChI=1S/C58H79N13O8S/c1-35-49(80-34-63-35)37-16-14-36(15-17-37)32-61-53(75)43-13-12-22-71(43)54(76)50(56(2,3)4)65-44(72)31-58(7,8)78-27-20-57(5,6)79-28-21-60-52(74)41-29-39(70-25-23-68(9)24-26-70)30-42(48(41)77-11)64-55-62-33-38-18-19-40-46(51(59)73)67-69(10)47(40)45(38)66-55/h14-17,29-30,33-34,43,50H,12-13,18-28,31-32H2,1-11H3,(H2,59,73)(H,60,74)(H,61,75)(H,65,72)(H,62,64,66)/t43-,50+/m0/s1. The Morgan fingerprint density at radius 1 is 0.887 bits per heavy atom. The van der Waals surface area contributed by atoms with E-state index in [1.54, 1.807) is 34.2 Å². The van der Waals surface area contributed by atoms with Crippen LogP contribution in [0.25, 0.3) is 21.8 Å². The first-order valence-electron chi connectivity index (χ1n) is 27.5. The van der Waals surface area contributed by atoms with Crippen LogP contribution >= 0.6 is 11.3 Å². The van der Waals surface area contributed by atoms with Crippen molar-refractivity contribution in [3.63, 3.8) is 0 Å². The van der Waals surface area contributed by atoms with Crippen LogP contribution in [0.4, 0.5) is 17.3 Å². The van der Waals surface area contributed by atoms with Crippen molar-refractivity contribution in [2.75, 3.05) is 76.9 Å². The van der Waals surface area contributed by atoms with Crippen LogP contribution in [0.5, 0.6) is 5.75 Å². The third kappa shape index (κ3) is 14.1. The molecule has 80 heavy (non-hydrogen) atoms. The highest BCUT2D eigenvalue weighted by molar-refractivity contribution is 7.13. The molecule has 22 heteroatoms. The van der Waals surface area contributed by atoms with Gasteiger partial charge in [-0.25, -0.2) is 15.0 Å². The van der Waals surface area contributed by atoms with E-state index in [2.05, 4.69) is 53.2 Å². The Balaban J connectivity index is 0.828. The quantitative estimate of drug-likeness (QED) is 0.0502. The number of nitrogens with two attached hydrogens (primary N) is 1. The van der Waals surface area contributed by atoms with Crippen LogP contribution in [0.15, 0.2) is 48.1 Å². The van der Waals surface area contributed by atoms with Gasteiger partial charge in [-0.2, -0.15) is 5.10 Å².